The number of aromatic nitrogens is 4. The number of hydrogen-bond donors (Lipinski definition) is 2. The van der Waals surface area contributed by atoms with Crippen LogP contribution in [0, 0.1) is 6.92 Å². The predicted molar refractivity (Wildman–Crippen MR) is 69.7 cm³/mol. The number of anilines is 3. The van der Waals surface area contributed by atoms with Crippen LogP contribution in [0.1, 0.15) is 5.56 Å². The number of rotatable bonds is 2. The highest BCUT2D eigenvalue weighted by atomic mass is 15.3. The molecule has 2 aromatic heterocycles. The van der Waals surface area contributed by atoms with E-state index in [0.717, 1.165) is 5.69 Å². The molecule has 0 spiro atoms. The van der Waals surface area contributed by atoms with Crippen LogP contribution in [0.5, 0.6) is 0 Å². The largest absolute Gasteiger partial charge is 0.368 e. The summed E-state index contributed by atoms with van der Waals surface area (Å²) >= 11 is 0. The lowest BCUT2D eigenvalue weighted by Crippen LogP contribution is -1.99. The maximum atomic E-state index is 5.70. The Bertz CT molecular complexity index is 703. The Morgan fingerprint density at radius 2 is 2.17 bits per heavy atom. The smallest absolute Gasteiger partial charge is 0.226 e. The number of nitrogens with one attached hydrogen (secondary N) is 1. The van der Waals surface area contributed by atoms with Crippen molar-refractivity contribution in [1.82, 2.24) is 19.6 Å². The normalized spacial score (nSPS) is 10.7. The molecule has 0 fully saturated rings. The van der Waals surface area contributed by atoms with Gasteiger partial charge in [-0.1, -0.05) is 12.1 Å². The first kappa shape index (κ1) is 10.5. The molecule has 90 valence electrons. The van der Waals surface area contributed by atoms with Crippen LogP contribution >= 0.6 is 0 Å². The highest BCUT2D eigenvalue weighted by Crippen LogP contribution is 2.19. The van der Waals surface area contributed by atoms with Gasteiger partial charge >= 0.3 is 0 Å². The standard InChI is InChI=1S/C12H12N6/c1-8-3-2-4-9(7-8)15-10-11-16-17-12(13)18(11)6-5-14-10/h2-7H,1H3,(H2,13,17)(H,14,15). The Morgan fingerprint density at radius 3 is 3.00 bits per heavy atom. The van der Waals surface area contributed by atoms with Gasteiger partial charge in [0.15, 0.2) is 5.82 Å². The molecule has 0 unspecified atom stereocenters. The van der Waals surface area contributed by atoms with E-state index in [9.17, 15) is 0 Å². The Hall–Kier alpha value is -2.63. The lowest BCUT2D eigenvalue weighted by molar-refractivity contribution is 1.12. The van der Waals surface area contributed by atoms with Gasteiger partial charge in [0.1, 0.15) is 0 Å². The van der Waals surface area contributed by atoms with Crippen LogP contribution in [0.3, 0.4) is 0 Å². The third kappa shape index (κ3) is 1.73. The third-order valence-corrected chi connectivity index (χ3v) is 2.63. The molecule has 6 heteroatoms. The number of hydrogen-bond acceptors (Lipinski definition) is 5. The summed E-state index contributed by atoms with van der Waals surface area (Å²) in [5, 5.41) is 11.0. The Labute approximate surface area is 103 Å². The maximum Gasteiger partial charge on any atom is 0.226 e. The van der Waals surface area contributed by atoms with Gasteiger partial charge in [-0.2, -0.15) is 0 Å². The van der Waals surface area contributed by atoms with Crippen molar-refractivity contribution in [2.75, 3.05) is 11.1 Å². The number of aryl methyl sites for hydroxylation is 1. The highest BCUT2D eigenvalue weighted by molar-refractivity contribution is 5.70. The van der Waals surface area contributed by atoms with Gasteiger partial charge in [-0.05, 0) is 24.6 Å². The van der Waals surface area contributed by atoms with Crippen LogP contribution in [0.15, 0.2) is 36.7 Å². The summed E-state index contributed by atoms with van der Waals surface area (Å²) in [6.45, 7) is 2.04. The van der Waals surface area contributed by atoms with E-state index in [1.165, 1.54) is 5.56 Å². The summed E-state index contributed by atoms with van der Waals surface area (Å²) in [4.78, 5) is 4.26. The molecule has 0 bridgehead atoms. The fourth-order valence-corrected chi connectivity index (χ4v) is 1.79. The molecule has 0 saturated heterocycles. The van der Waals surface area contributed by atoms with Crippen molar-refractivity contribution in [1.29, 1.82) is 0 Å². The van der Waals surface area contributed by atoms with Gasteiger partial charge in [0.25, 0.3) is 0 Å². The third-order valence-electron chi connectivity index (χ3n) is 2.63. The zero-order valence-corrected chi connectivity index (χ0v) is 9.83. The van der Waals surface area contributed by atoms with Crippen molar-refractivity contribution in [2.45, 2.75) is 6.92 Å². The minimum Gasteiger partial charge on any atom is -0.368 e. The molecule has 3 aromatic rings. The van der Waals surface area contributed by atoms with E-state index in [2.05, 4.69) is 20.5 Å². The Kier molecular flexibility index (Phi) is 2.33. The van der Waals surface area contributed by atoms with Crippen LogP contribution in [0.25, 0.3) is 5.65 Å². The molecule has 3 N–H and O–H groups in total. The number of fused-ring (bicyclic) bond motifs is 1. The van der Waals surface area contributed by atoms with E-state index < -0.39 is 0 Å². The maximum absolute atomic E-state index is 5.70. The average Bonchev–Trinajstić information content (AvgIpc) is 2.73. The van der Waals surface area contributed by atoms with Crippen molar-refractivity contribution >= 4 is 23.1 Å². The summed E-state index contributed by atoms with van der Waals surface area (Å²) in [5.41, 5.74) is 8.43. The van der Waals surface area contributed by atoms with Gasteiger partial charge in [0, 0.05) is 18.1 Å². The first-order chi connectivity index (χ1) is 8.74. The fourth-order valence-electron chi connectivity index (χ4n) is 1.79. The van der Waals surface area contributed by atoms with Crippen molar-refractivity contribution < 1.29 is 0 Å². The monoisotopic (exact) mass is 240 g/mol. The van der Waals surface area contributed by atoms with Crippen LogP contribution in [-0.4, -0.2) is 19.6 Å². The van der Waals surface area contributed by atoms with E-state index in [1.807, 2.05) is 31.2 Å². The van der Waals surface area contributed by atoms with Crippen LogP contribution in [0.2, 0.25) is 0 Å². The SMILES string of the molecule is Cc1cccc(Nc2nccn3c(N)nnc23)c1. The highest BCUT2D eigenvalue weighted by Gasteiger charge is 2.08. The minimum atomic E-state index is 0.347. The molecular weight excluding hydrogens is 228 g/mol. The lowest BCUT2D eigenvalue weighted by Gasteiger charge is -2.06. The van der Waals surface area contributed by atoms with Crippen molar-refractivity contribution in [3.63, 3.8) is 0 Å². The van der Waals surface area contributed by atoms with Gasteiger partial charge in [-0.25, -0.2) is 4.98 Å². The van der Waals surface area contributed by atoms with E-state index >= 15 is 0 Å². The molecule has 6 nitrogen and oxygen atoms in total. The van der Waals surface area contributed by atoms with Crippen molar-refractivity contribution in [3.8, 4) is 0 Å². The Balaban J connectivity index is 2.05. The quantitative estimate of drug-likeness (QED) is 0.713. The summed E-state index contributed by atoms with van der Waals surface area (Å²) < 4.78 is 1.69. The molecule has 18 heavy (non-hydrogen) atoms. The second kappa shape index (κ2) is 3.99. The number of nitrogens with zero attached hydrogens (tertiary/aromatic N) is 4. The zero-order chi connectivity index (χ0) is 12.5. The molecule has 0 aliphatic rings. The molecule has 0 radical (unpaired) electrons. The molecule has 3 rings (SSSR count). The van der Waals surface area contributed by atoms with E-state index in [0.29, 0.717) is 17.4 Å². The lowest BCUT2D eigenvalue weighted by atomic mass is 10.2. The molecule has 0 aliphatic carbocycles. The number of benzene rings is 1. The fraction of sp³-hybridized carbons (Fsp3) is 0.0833. The average molecular weight is 240 g/mol. The van der Waals surface area contributed by atoms with Gasteiger partial charge in [0.2, 0.25) is 11.6 Å². The van der Waals surface area contributed by atoms with E-state index in [-0.39, 0.29) is 0 Å². The molecule has 0 aliphatic heterocycles. The second-order valence-electron chi connectivity index (χ2n) is 4.02. The minimum absolute atomic E-state index is 0.347. The molecule has 0 saturated carbocycles. The van der Waals surface area contributed by atoms with Gasteiger partial charge in [-0.15, -0.1) is 10.2 Å². The predicted octanol–water partition coefficient (Wildman–Crippen LogP) is 1.76. The molecule has 2 heterocycles. The number of nitrogen functional groups attached to an aromatic ring is 1. The molecular formula is C12H12N6. The second-order valence-corrected chi connectivity index (χ2v) is 4.02. The Morgan fingerprint density at radius 1 is 1.28 bits per heavy atom. The van der Waals surface area contributed by atoms with Crippen LogP contribution in [0.4, 0.5) is 17.5 Å². The van der Waals surface area contributed by atoms with Gasteiger partial charge < -0.3 is 11.1 Å². The van der Waals surface area contributed by atoms with E-state index in [4.69, 9.17) is 5.73 Å². The van der Waals surface area contributed by atoms with Crippen molar-refractivity contribution in [2.24, 2.45) is 0 Å². The van der Waals surface area contributed by atoms with Gasteiger partial charge in [0.05, 0.1) is 0 Å². The van der Waals surface area contributed by atoms with Crippen molar-refractivity contribution in [3.05, 3.63) is 42.2 Å². The summed E-state index contributed by atoms with van der Waals surface area (Å²) in [6, 6.07) is 8.02. The van der Waals surface area contributed by atoms with Crippen LogP contribution in [-0.2, 0) is 0 Å². The van der Waals surface area contributed by atoms with Crippen LogP contribution < -0.4 is 11.1 Å². The molecule has 1 aromatic carbocycles. The number of nitrogens with two attached hydrogens (primary N) is 1. The summed E-state index contributed by atoms with van der Waals surface area (Å²) in [6.07, 6.45) is 3.39. The van der Waals surface area contributed by atoms with E-state index in [1.54, 1.807) is 16.8 Å². The zero-order valence-electron chi connectivity index (χ0n) is 9.83. The molecule has 0 atom stereocenters. The van der Waals surface area contributed by atoms with Gasteiger partial charge in [-0.3, -0.25) is 4.40 Å². The summed E-state index contributed by atoms with van der Waals surface area (Å²) in [7, 11) is 0. The molecule has 0 amide bonds. The first-order valence-electron chi connectivity index (χ1n) is 5.53. The summed E-state index contributed by atoms with van der Waals surface area (Å²) in [5.74, 6) is 0.979. The topological polar surface area (TPSA) is 81.1 Å². The first-order valence-corrected chi connectivity index (χ1v) is 5.53.